The summed E-state index contributed by atoms with van der Waals surface area (Å²) in [5.74, 6) is 1.24. The first-order chi connectivity index (χ1) is 12.6. The molecule has 0 aromatic heterocycles. The van der Waals surface area contributed by atoms with Crippen molar-refractivity contribution >= 4 is 11.6 Å². The average molecular weight is 352 g/mol. The first-order valence-electron chi connectivity index (χ1n) is 9.40. The van der Waals surface area contributed by atoms with E-state index < -0.39 is 6.10 Å². The zero-order valence-corrected chi connectivity index (χ0v) is 15.9. The lowest BCUT2D eigenvalue weighted by Crippen LogP contribution is -2.52. The molecule has 0 bridgehead atoms. The molecule has 1 amide bonds. The second-order valence-corrected chi connectivity index (χ2v) is 7.10. The monoisotopic (exact) mass is 352 g/mol. The minimum atomic E-state index is -0.474. The van der Waals surface area contributed by atoms with Gasteiger partial charge in [-0.3, -0.25) is 4.79 Å². The Morgan fingerprint density at radius 2 is 1.50 bits per heavy atom. The van der Waals surface area contributed by atoms with Crippen molar-refractivity contribution in [1.82, 2.24) is 4.90 Å². The molecule has 1 heterocycles. The highest BCUT2D eigenvalue weighted by Gasteiger charge is 2.26. The Balaban J connectivity index is 1.58. The van der Waals surface area contributed by atoms with E-state index in [0.717, 1.165) is 37.5 Å². The van der Waals surface area contributed by atoms with E-state index in [9.17, 15) is 4.79 Å². The number of hydrogen-bond acceptors (Lipinski definition) is 3. The molecule has 0 radical (unpaired) electrons. The predicted octanol–water partition coefficient (Wildman–Crippen LogP) is 3.93. The van der Waals surface area contributed by atoms with Gasteiger partial charge >= 0.3 is 0 Å². The molecule has 4 heteroatoms. The number of para-hydroxylation sites is 2. The molecule has 1 fully saturated rings. The van der Waals surface area contributed by atoms with E-state index in [4.69, 9.17) is 4.74 Å². The molecular formula is C22H28N2O2. The van der Waals surface area contributed by atoms with E-state index in [2.05, 4.69) is 49.1 Å². The highest BCUT2D eigenvalue weighted by atomic mass is 16.5. The Labute approximate surface area is 156 Å². The van der Waals surface area contributed by atoms with Gasteiger partial charge in [0.1, 0.15) is 5.75 Å². The third-order valence-corrected chi connectivity index (χ3v) is 4.91. The Hall–Kier alpha value is -2.49. The standard InChI is InChI=1S/C22H28N2O2/c1-17(2)20-11-7-8-12-21(20)26-18(3)22(25)24-15-13-23(14-16-24)19-9-5-4-6-10-19/h4-12,17-18H,13-16H2,1-3H3/t18-/m0/s1. The molecule has 1 saturated heterocycles. The quantitative estimate of drug-likeness (QED) is 0.817. The summed E-state index contributed by atoms with van der Waals surface area (Å²) in [6.45, 7) is 9.29. The molecule has 0 N–H and O–H groups in total. The molecule has 2 aromatic rings. The van der Waals surface area contributed by atoms with Gasteiger partial charge in [-0.1, -0.05) is 50.2 Å². The largest absolute Gasteiger partial charge is 0.481 e. The fourth-order valence-electron chi connectivity index (χ4n) is 3.39. The van der Waals surface area contributed by atoms with Crippen LogP contribution in [-0.2, 0) is 4.79 Å². The van der Waals surface area contributed by atoms with Crippen LogP contribution in [0.25, 0.3) is 0 Å². The molecule has 138 valence electrons. The number of amides is 1. The normalized spacial score (nSPS) is 15.8. The third-order valence-electron chi connectivity index (χ3n) is 4.91. The SMILES string of the molecule is CC(C)c1ccccc1O[C@@H](C)C(=O)N1CCN(c2ccccc2)CC1. The van der Waals surface area contributed by atoms with E-state index in [0.29, 0.717) is 5.92 Å². The Bertz CT molecular complexity index is 722. The van der Waals surface area contributed by atoms with Gasteiger partial charge in [-0.2, -0.15) is 0 Å². The van der Waals surface area contributed by atoms with Crippen molar-refractivity contribution in [2.24, 2.45) is 0 Å². The topological polar surface area (TPSA) is 32.8 Å². The Kier molecular flexibility index (Phi) is 5.82. The molecule has 0 unspecified atom stereocenters. The molecule has 2 aromatic carbocycles. The summed E-state index contributed by atoms with van der Waals surface area (Å²) in [7, 11) is 0. The average Bonchev–Trinajstić information content (AvgIpc) is 2.68. The second kappa shape index (κ2) is 8.26. The van der Waals surface area contributed by atoms with Crippen LogP contribution < -0.4 is 9.64 Å². The lowest BCUT2D eigenvalue weighted by atomic mass is 10.0. The maximum atomic E-state index is 12.8. The van der Waals surface area contributed by atoms with Crippen LogP contribution in [0.2, 0.25) is 0 Å². The molecule has 4 nitrogen and oxygen atoms in total. The molecule has 3 rings (SSSR count). The molecule has 26 heavy (non-hydrogen) atoms. The summed E-state index contributed by atoms with van der Waals surface area (Å²) in [6.07, 6.45) is -0.474. The molecule has 1 aliphatic heterocycles. The molecular weight excluding hydrogens is 324 g/mol. The van der Waals surface area contributed by atoms with Crippen LogP contribution in [0.3, 0.4) is 0 Å². The summed E-state index contributed by atoms with van der Waals surface area (Å²) < 4.78 is 6.03. The zero-order chi connectivity index (χ0) is 18.5. The number of ether oxygens (including phenoxy) is 1. The van der Waals surface area contributed by atoms with Gasteiger partial charge in [-0.25, -0.2) is 0 Å². The number of carbonyl (C=O) groups is 1. The van der Waals surface area contributed by atoms with Crippen LogP contribution in [0.15, 0.2) is 54.6 Å². The highest BCUT2D eigenvalue weighted by molar-refractivity contribution is 5.81. The van der Waals surface area contributed by atoms with E-state index in [-0.39, 0.29) is 5.91 Å². The van der Waals surface area contributed by atoms with Gasteiger partial charge in [-0.05, 0) is 36.6 Å². The van der Waals surface area contributed by atoms with E-state index in [1.165, 1.54) is 5.69 Å². The van der Waals surface area contributed by atoms with Gasteiger partial charge < -0.3 is 14.5 Å². The van der Waals surface area contributed by atoms with Crippen molar-refractivity contribution < 1.29 is 9.53 Å². The van der Waals surface area contributed by atoms with Crippen molar-refractivity contribution in [3.05, 3.63) is 60.2 Å². The van der Waals surface area contributed by atoms with Crippen LogP contribution in [0.5, 0.6) is 5.75 Å². The van der Waals surface area contributed by atoms with E-state index in [1.807, 2.05) is 36.1 Å². The molecule has 0 aliphatic carbocycles. The molecule has 0 saturated carbocycles. The summed E-state index contributed by atoms with van der Waals surface area (Å²) in [4.78, 5) is 17.1. The van der Waals surface area contributed by atoms with E-state index >= 15 is 0 Å². The Morgan fingerprint density at radius 1 is 0.885 bits per heavy atom. The predicted molar refractivity (Wildman–Crippen MR) is 106 cm³/mol. The van der Waals surface area contributed by atoms with Crippen molar-refractivity contribution in [2.45, 2.75) is 32.8 Å². The summed E-state index contributed by atoms with van der Waals surface area (Å²) in [5, 5.41) is 0. The van der Waals surface area contributed by atoms with E-state index in [1.54, 1.807) is 0 Å². The smallest absolute Gasteiger partial charge is 0.263 e. The van der Waals surface area contributed by atoms with Gasteiger partial charge in [0, 0.05) is 31.9 Å². The summed E-state index contributed by atoms with van der Waals surface area (Å²) >= 11 is 0. The second-order valence-electron chi connectivity index (χ2n) is 7.10. The highest BCUT2D eigenvalue weighted by Crippen LogP contribution is 2.27. The minimum absolute atomic E-state index is 0.0660. The van der Waals surface area contributed by atoms with Crippen LogP contribution >= 0.6 is 0 Å². The number of benzene rings is 2. The van der Waals surface area contributed by atoms with Crippen molar-refractivity contribution in [3.8, 4) is 5.75 Å². The summed E-state index contributed by atoms with van der Waals surface area (Å²) in [5.41, 5.74) is 2.36. The summed E-state index contributed by atoms with van der Waals surface area (Å²) in [6, 6.07) is 18.3. The van der Waals surface area contributed by atoms with Gasteiger partial charge in [-0.15, -0.1) is 0 Å². The lowest BCUT2D eigenvalue weighted by Gasteiger charge is -2.37. The fourth-order valence-corrected chi connectivity index (χ4v) is 3.39. The number of rotatable bonds is 5. The fraction of sp³-hybridized carbons (Fsp3) is 0.409. The van der Waals surface area contributed by atoms with Crippen LogP contribution in [-0.4, -0.2) is 43.1 Å². The van der Waals surface area contributed by atoms with Crippen LogP contribution in [0, 0.1) is 0 Å². The molecule has 1 aliphatic rings. The van der Waals surface area contributed by atoms with Crippen molar-refractivity contribution in [2.75, 3.05) is 31.1 Å². The third kappa shape index (κ3) is 4.18. The van der Waals surface area contributed by atoms with Gasteiger partial charge in [0.25, 0.3) is 5.91 Å². The van der Waals surface area contributed by atoms with Crippen LogP contribution in [0.1, 0.15) is 32.3 Å². The molecule has 0 spiro atoms. The zero-order valence-electron chi connectivity index (χ0n) is 15.9. The number of piperazine rings is 1. The molecule has 1 atom stereocenters. The maximum Gasteiger partial charge on any atom is 0.263 e. The number of anilines is 1. The van der Waals surface area contributed by atoms with Crippen molar-refractivity contribution in [3.63, 3.8) is 0 Å². The van der Waals surface area contributed by atoms with Gasteiger partial charge in [0.05, 0.1) is 0 Å². The Morgan fingerprint density at radius 3 is 2.15 bits per heavy atom. The number of hydrogen-bond donors (Lipinski definition) is 0. The van der Waals surface area contributed by atoms with Gasteiger partial charge in [0.2, 0.25) is 0 Å². The number of carbonyl (C=O) groups excluding carboxylic acids is 1. The minimum Gasteiger partial charge on any atom is -0.481 e. The first kappa shape index (κ1) is 18.3. The number of nitrogens with zero attached hydrogens (tertiary/aromatic N) is 2. The maximum absolute atomic E-state index is 12.8. The van der Waals surface area contributed by atoms with Crippen LogP contribution in [0.4, 0.5) is 5.69 Å². The van der Waals surface area contributed by atoms with Gasteiger partial charge in [0.15, 0.2) is 6.10 Å². The lowest BCUT2D eigenvalue weighted by molar-refractivity contribution is -0.138. The first-order valence-corrected chi connectivity index (χ1v) is 9.40. The van der Waals surface area contributed by atoms with Crippen molar-refractivity contribution in [1.29, 1.82) is 0 Å².